The number of nitrogens with one attached hydrogen (secondary N) is 1. The Bertz CT molecular complexity index is 998. The molecule has 1 amide bonds. The first-order chi connectivity index (χ1) is 14.7. The van der Waals surface area contributed by atoms with Gasteiger partial charge in [0.2, 0.25) is 0 Å². The first-order valence-electron chi connectivity index (χ1n) is 10.4. The van der Waals surface area contributed by atoms with E-state index in [1.165, 1.54) is 15.8 Å². The number of ether oxygens (including phenoxy) is 2. The van der Waals surface area contributed by atoms with E-state index in [4.69, 9.17) is 9.47 Å². The van der Waals surface area contributed by atoms with Gasteiger partial charge in [0.1, 0.15) is 11.8 Å². The third-order valence-corrected chi connectivity index (χ3v) is 5.99. The van der Waals surface area contributed by atoms with E-state index in [1.54, 1.807) is 18.9 Å². The average molecular weight is 427 g/mol. The van der Waals surface area contributed by atoms with E-state index >= 15 is 0 Å². The molecule has 2 aromatic carbocycles. The lowest BCUT2D eigenvalue weighted by molar-refractivity contribution is 0.0932. The first-order valence-corrected chi connectivity index (χ1v) is 11.6. The molecule has 4 rings (SSSR count). The Balaban J connectivity index is 0.00000124. The lowest BCUT2D eigenvalue weighted by atomic mass is 9.92. The Hall–Kier alpha value is -2.60. The minimum Gasteiger partial charge on any atom is -0.497 e. The van der Waals surface area contributed by atoms with Crippen molar-refractivity contribution in [3.63, 3.8) is 0 Å². The van der Waals surface area contributed by atoms with Gasteiger partial charge in [-0.1, -0.05) is 26.0 Å². The van der Waals surface area contributed by atoms with E-state index in [0.29, 0.717) is 13.2 Å². The van der Waals surface area contributed by atoms with E-state index < -0.39 is 0 Å². The average Bonchev–Trinajstić information content (AvgIpc) is 3.17. The molecule has 6 heteroatoms. The molecule has 0 spiro atoms. The van der Waals surface area contributed by atoms with Crippen molar-refractivity contribution >= 4 is 28.8 Å². The predicted molar refractivity (Wildman–Crippen MR) is 124 cm³/mol. The zero-order chi connectivity index (χ0) is 21.7. The van der Waals surface area contributed by atoms with Gasteiger partial charge in [-0.2, -0.15) is 0 Å². The number of hydrogen-bond donors (Lipinski definition) is 1. The van der Waals surface area contributed by atoms with Crippen molar-refractivity contribution in [2.24, 2.45) is 0 Å². The van der Waals surface area contributed by atoms with Crippen LogP contribution in [0.3, 0.4) is 0 Å². The van der Waals surface area contributed by atoms with Crippen LogP contribution in [-0.2, 0) is 11.2 Å². The molecular weight excluding hydrogens is 396 g/mol. The van der Waals surface area contributed by atoms with E-state index in [9.17, 15) is 4.79 Å². The molecule has 1 N–H and O–H groups in total. The molecule has 1 aliphatic rings. The number of thioether (sulfide) groups is 1. The molecule has 0 saturated heterocycles. The highest BCUT2D eigenvalue weighted by Crippen LogP contribution is 2.39. The molecule has 1 unspecified atom stereocenters. The predicted octanol–water partition coefficient (Wildman–Crippen LogP) is 6.03. The largest absolute Gasteiger partial charge is 0.497 e. The SMILES string of the molecule is CC.CCOC(=O)N1CCc2c([nH]c3ccc(SC)cc23)C1c1ccc(OC)cc1. The first kappa shape index (κ1) is 22.1. The van der Waals surface area contributed by atoms with Gasteiger partial charge in [0.05, 0.1) is 13.7 Å². The molecule has 1 aromatic heterocycles. The van der Waals surface area contributed by atoms with Crippen LogP contribution < -0.4 is 4.74 Å². The lowest BCUT2D eigenvalue weighted by Gasteiger charge is -2.35. The molecule has 0 aliphatic carbocycles. The second-order valence-corrected chi connectivity index (χ2v) is 7.63. The number of rotatable bonds is 4. The molecule has 0 bridgehead atoms. The zero-order valence-corrected chi connectivity index (χ0v) is 19.1. The van der Waals surface area contributed by atoms with Crippen LogP contribution in [0.4, 0.5) is 4.79 Å². The molecule has 0 fully saturated rings. The summed E-state index contributed by atoms with van der Waals surface area (Å²) in [6.45, 7) is 6.82. The summed E-state index contributed by atoms with van der Waals surface area (Å²) in [6.07, 6.45) is 2.61. The van der Waals surface area contributed by atoms with Crippen molar-refractivity contribution in [1.29, 1.82) is 0 Å². The van der Waals surface area contributed by atoms with Crippen molar-refractivity contribution in [2.75, 3.05) is 26.5 Å². The molecule has 3 aromatic rings. The number of aromatic nitrogens is 1. The molecule has 30 heavy (non-hydrogen) atoms. The number of amides is 1. The standard InChI is InChI=1S/C22H24N2O3S.C2H6/c1-4-27-22(25)24-12-11-17-18-13-16(28-3)9-10-19(18)23-20(17)21(24)14-5-7-15(26-2)8-6-14;1-2/h5-10,13,21,23H,4,11-12H2,1-3H3;1-2H3. The van der Waals surface area contributed by atoms with Gasteiger partial charge in [-0.25, -0.2) is 4.79 Å². The van der Waals surface area contributed by atoms with E-state index in [1.807, 2.05) is 49.9 Å². The molecule has 5 nitrogen and oxygen atoms in total. The van der Waals surface area contributed by atoms with Crippen LogP contribution in [0, 0.1) is 0 Å². The van der Waals surface area contributed by atoms with Crippen LogP contribution in [0.15, 0.2) is 47.4 Å². The topological polar surface area (TPSA) is 54.6 Å². The maximum absolute atomic E-state index is 12.7. The van der Waals surface area contributed by atoms with Crippen molar-refractivity contribution in [3.05, 3.63) is 59.3 Å². The summed E-state index contributed by atoms with van der Waals surface area (Å²) in [5.74, 6) is 0.795. The Morgan fingerprint density at radius 1 is 1.20 bits per heavy atom. The minimum atomic E-state index is -0.280. The second-order valence-electron chi connectivity index (χ2n) is 6.75. The van der Waals surface area contributed by atoms with Crippen LogP contribution in [0.5, 0.6) is 5.75 Å². The van der Waals surface area contributed by atoms with Crippen LogP contribution in [0.1, 0.15) is 43.6 Å². The fourth-order valence-electron chi connectivity index (χ4n) is 3.93. The molecule has 2 heterocycles. The normalized spacial score (nSPS) is 15.2. The summed E-state index contributed by atoms with van der Waals surface area (Å²) in [5, 5.41) is 1.24. The number of aromatic amines is 1. The van der Waals surface area contributed by atoms with Crippen molar-refractivity contribution < 1.29 is 14.3 Å². The van der Waals surface area contributed by atoms with Gasteiger partial charge in [0.25, 0.3) is 0 Å². The third kappa shape index (κ3) is 4.15. The number of hydrogen-bond acceptors (Lipinski definition) is 4. The van der Waals surface area contributed by atoms with Gasteiger partial charge >= 0.3 is 6.09 Å². The number of carbonyl (C=O) groups is 1. The number of methoxy groups -OCH3 is 1. The van der Waals surface area contributed by atoms with Gasteiger partial charge in [-0.15, -0.1) is 11.8 Å². The number of nitrogens with zero attached hydrogens (tertiary/aromatic N) is 1. The van der Waals surface area contributed by atoms with E-state index in [-0.39, 0.29) is 12.1 Å². The minimum absolute atomic E-state index is 0.209. The number of H-pyrrole nitrogens is 1. The summed E-state index contributed by atoms with van der Waals surface area (Å²) < 4.78 is 10.6. The smallest absolute Gasteiger partial charge is 0.410 e. The van der Waals surface area contributed by atoms with Gasteiger partial charge < -0.3 is 14.5 Å². The fraction of sp³-hybridized carbons (Fsp3) is 0.375. The van der Waals surface area contributed by atoms with Crippen molar-refractivity contribution in [1.82, 2.24) is 9.88 Å². The molecule has 0 radical (unpaired) electrons. The monoisotopic (exact) mass is 426 g/mol. The number of benzene rings is 2. The lowest BCUT2D eigenvalue weighted by Crippen LogP contribution is -2.40. The van der Waals surface area contributed by atoms with E-state index in [2.05, 4.69) is 29.4 Å². The van der Waals surface area contributed by atoms with Gasteiger partial charge in [-0.05, 0) is 61.1 Å². The van der Waals surface area contributed by atoms with Gasteiger partial charge in [-0.3, -0.25) is 4.90 Å². The summed E-state index contributed by atoms with van der Waals surface area (Å²) in [7, 11) is 1.65. The Morgan fingerprint density at radius 2 is 1.93 bits per heavy atom. The van der Waals surface area contributed by atoms with Crippen LogP contribution >= 0.6 is 11.8 Å². The summed E-state index contributed by atoms with van der Waals surface area (Å²) >= 11 is 1.74. The van der Waals surface area contributed by atoms with Crippen molar-refractivity contribution in [2.45, 2.75) is 38.1 Å². The summed E-state index contributed by atoms with van der Waals surface area (Å²) in [4.78, 5) is 19.3. The third-order valence-electron chi connectivity index (χ3n) is 5.27. The molecule has 1 atom stereocenters. The second kappa shape index (κ2) is 9.94. The fourth-order valence-corrected chi connectivity index (χ4v) is 4.37. The maximum Gasteiger partial charge on any atom is 0.410 e. The molecule has 160 valence electrons. The molecule has 1 aliphatic heterocycles. The molecule has 0 saturated carbocycles. The summed E-state index contributed by atoms with van der Waals surface area (Å²) in [5.41, 5.74) is 4.49. The van der Waals surface area contributed by atoms with Gasteiger partial charge in [0, 0.05) is 28.0 Å². The maximum atomic E-state index is 12.7. The zero-order valence-electron chi connectivity index (χ0n) is 18.3. The summed E-state index contributed by atoms with van der Waals surface area (Å²) in [6, 6.07) is 14.2. The molecular formula is C24H30N2O3S. The van der Waals surface area contributed by atoms with E-state index in [0.717, 1.165) is 28.9 Å². The van der Waals surface area contributed by atoms with Crippen LogP contribution in [-0.4, -0.2) is 42.5 Å². The number of fused-ring (bicyclic) bond motifs is 3. The Labute approximate surface area is 182 Å². The van der Waals surface area contributed by atoms with Crippen molar-refractivity contribution in [3.8, 4) is 5.75 Å². The highest BCUT2D eigenvalue weighted by atomic mass is 32.2. The van der Waals surface area contributed by atoms with Crippen LogP contribution in [0.25, 0.3) is 10.9 Å². The Morgan fingerprint density at radius 3 is 2.57 bits per heavy atom. The quantitative estimate of drug-likeness (QED) is 0.518. The highest BCUT2D eigenvalue weighted by molar-refractivity contribution is 7.98. The van der Waals surface area contributed by atoms with Gasteiger partial charge in [0.15, 0.2) is 0 Å². The van der Waals surface area contributed by atoms with Crippen LogP contribution in [0.2, 0.25) is 0 Å². The number of carbonyl (C=O) groups excluding carboxylic acids is 1. The Kier molecular flexibility index (Phi) is 7.32. The highest BCUT2D eigenvalue weighted by Gasteiger charge is 2.35.